The van der Waals surface area contributed by atoms with Crippen LogP contribution < -0.4 is 0 Å². The first-order valence-corrected chi connectivity index (χ1v) is 7.02. The molecule has 0 amide bonds. The standard InChI is InChI=1S/C12H9F5S.C2H6/c1-5(2)10-7-3-6(13)4-8(12(15,16)17)9(7)11(14)18-10;1-2/h3-5H,1-2H3;1-2H3. The van der Waals surface area contributed by atoms with Crippen molar-refractivity contribution in [2.75, 3.05) is 0 Å². The van der Waals surface area contributed by atoms with E-state index < -0.39 is 28.1 Å². The Morgan fingerprint density at radius 3 is 2.05 bits per heavy atom. The number of thiophene rings is 1. The average molecular weight is 310 g/mol. The summed E-state index contributed by atoms with van der Waals surface area (Å²) < 4.78 is 65.2. The van der Waals surface area contributed by atoms with Crippen LogP contribution in [0.2, 0.25) is 0 Å². The van der Waals surface area contributed by atoms with Gasteiger partial charge in [0.05, 0.1) is 5.56 Å². The Labute approximate surface area is 118 Å². The summed E-state index contributed by atoms with van der Waals surface area (Å²) in [7, 11) is 0. The molecule has 0 fully saturated rings. The van der Waals surface area contributed by atoms with E-state index in [9.17, 15) is 22.0 Å². The van der Waals surface area contributed by atoms with E-state index in [-0.39, 0.29) is 11.3 Å². The molecule has 0 unspecified atom stereocenters. The Hall–Kier alpha value is -1.17. The number of hydrogen-bond acceptors (Lipinski definition) is 1. The van der Waals surface area contributed by atoms with Crippen molar-refractivity contribution in [1.29, 1.82) is 0 Å². The molecule has 2 aromatic rings. The van der Waals surface area contributed by atoms with Gasteiger partial charge in [0.15, 0.2) is 5.13 Å². The van der Waals surface area contributed by atoms with E-state index in [1.54, 1.807) is 13.8 Å². The highest BCUT2D eigenvalue weighted by atomic mass is 32.1. The molecule has 0 spiro atoms. The summed E-state index contributed by atoms with van der Waals surface area (Å²) in [4.78, 5) is 0.424. The third kappa shape index (κ3) is 3.11. The molecule has 2 rings (SSSR count). The quantitative estimate of drug-likeness (QED) is 0.538. The van der Waals surface area contributed by atoms with Crippen LogP contribution in [0.5, 0.6) is 0 Å². The van der Waals surface area contributed by atoms with Gasteiger partial charge >= 0.3 is 6.18 Å². The Bertz CT molecular complexity index is 596. The molecule has 20 heavy (non-hydrogen) atoms. The van der Waals surface area contributed by atoms with E-state index in [1.165, 1.54) is 0 Å². The molecule has 6 heteroatoms. The van der Waals surface area contributed by atoms with Gasteiger partial charge in [-0.15, -0.1) is 11.3 Å². The van der Waals surface area contributed by atoms with Crippen LogP contribution in [0.4, 0.5) is 22.0 Å². The Morgan fingerprint density at radius 2 is 1.60 bits per heavy atom. The maximum atomic E-state index is 13.7. The maximum Gasteiger partial charge on any atom is 0.417 e. The predicted octanol–water partition coefficient (Wildman–Crippen LogP) is 6.35. The van der Waals surface area contributed by atoms with Crippen LogP contribution in [0.3, 0.4) is 0 Å². The van der Waals surface area contributed by atoms with Crippen molar-refractivity contribution in [3.05, 3.63) is 33.5 Å². The molecule has 0 aliphatic heterocycles. The van der Waals surface area contributed by atoms with E-state index in [4.69, 9.17) is 0 Å². The average Bonchev–Trinajstić information content (AvgIpc) is 2.67. The molecule has 112 valence electrons. The highest BCUT2D eigenvalue weighted by Gasteiger charge is 2.35. The lowest BCUT2D eigenvalue weighted by Crippen LogP contribution is -2.06. The van der Waals surface area contributed by atoms with Gasteiger partial charge < -0.3 is 0 Å². The Kier molecular flexibility index (Phi) is 5.13. The molecule has 0 nitrogen and oxygen atoms in total. The smallest absolute Gasteiger partial charge is 0.207 e. The van der Waals surface area contributed by atoms with Gasteiger partial charge in [-0.05, 0) is 18.1 Å². The first-order chi connectivity index (χ1) is 9.21. The molecule has 0 aliphatic rings. The van der Waals surface area contributed by atoms with Gasteiger partial charge in [0.2, 0.25) is 0 Å². The molecule has 1 aromatic carbocycles. The summed E-state index contributed by atoms with van der Waals surface area (Å²) >= 11 is 0.641. The fraction of sp³-hybridized carbons (Fsp3) is 0.429. The van der Waals surface area contributed by atoms with Gasteiger partial charge in [-0.1, -0.05) is 27.7 Å². The summed E-state index contributed by atoms with van der Waals surface area (Å²) in [5.41, 5.74) is -1.25. The van der Waals surface area contributed by atoms with Crippen LogP contribution >= 0.6 is 11.3 Å². The molecule has 1 aromatic heterocycles. The van der Waals surface area contributed by atoms with Gasteiger partial charge in [0.1, 0.15) is 5.82 Å². The highest BCUT2D eigenvalue weighted by molar-refractivity contribution is 7.12. The van der Waals surface area contributed by atoms with Crippen molar-refractivity contribution < 1.29 is 22.0 Å². The van der Waals surface area contributed by atoms with E-state index in [2.05, 4.69) is 0 Å². The summed E-state index contributed by atoms with van der Waals surface area (Å²) in [6.07, 6.45) is -4.77. The lowest BCUT2D eigenvalue weighted by molar-refractivity contribution is -0.136. The number of halogens is 5. The first-order valence-electron chi connectivity index (χ1n) is 6.20. The van der Waals surface area contributed by atoms with Crippen LogP contribution in [0.1, 0.15) is 44.1 Å². The van der Waals surface area contributed by atoms with E-state index in [0.29, 0.717) is 22.3 Å². The van der Waals surface area contributed by atoms with E-state index in [0.717, 1.165) is 6.07 Å². The normalized spacial score (nSPS) is 11.7. The van der Waals surface area contributed by atoms with Crippen molar-refractivity contribution in [3.8, 4) is 0 Å². The summed E-state index contributed by atoms with van der Waals surface area (Å²) in [6, 6.07) is 1.29. The Morgan fingerprint density at radius 1 is 1.05 bits per heavy atom. The second-order valence-corrected chi connectivity index (χ2v) is 5.27. The largest absolute Gasteiger partial charge is 0.417 e. The molecule has 0 aliphatic carbocycles. The molecule has 1 heterocycles. The zero-order chi connectivity index (χ0) is 15.7. The zero-order valence-corrected chi connectivity index (χ0v) is 12.3. The molecular weight excluding hydrogens is 295 g/mol. The summed E-state index contributed by atoms with van der Waals surface area (Å²) in [5.74, 6) is -1.17. The van der Waals surface area contributed by atoms with Gasteiger partial charge in [-0.3, -0.25) is 0 Å². The monoisotopic (exact) mass is 310 g/mol. The molecule has 0 N–H and O–H groups in total. The number of benzene rings is 1. The van der Waals surface area contributed by atoms with Crippen LogP contribution in [0.25, 0.3) is 10.8 Å². The van der Waals surface area contributed by atoms with Crippen LogP contribution in [-0.2, 0) is 6.18 Å². The Balaban J connectivity index is 0.000000956. The van der Waals surface area contributed by atoms with E-state index >= 15 is 0 Å². The van der Waals surface area contributed by atoms with Crippen LogP contribution in [-0.4, -0.2) is 0 Å². The molecule has 0 atom stereocenters. The van der Waals surface area contributed by atoms with Crippen LogP contribution in [0, 0.1) is 10.9 Å². The number of rotatable bonds is 1. The summed E-state index contributed by atoms with van der Waals surface area (Å²) in [6.45, 7) is 7.45. The number of alkyl halides is 3. The fourth-order valence-electron chi connectivity index (χ4n) is 1.87. The molecular formula is C14H15F5S. The fourth-order valence-corrected chi connectivity index (χ4v) is 2.89. The second kappa shape index (κ2) is 6.08. The zero-order valence-electron chi connectivity index (χ0n) is 11.5. The van der Waals surface area contributed by atoms with Gasteiger partial charge in [-0.25, -0.2) is 4.39 Å². The van der Waals surface area contributed by atoms with Crippen molar-refractivity contribution in [1.82, 2.24) is 0 Å². The minimum Gasteiger partial charge on any atom is -0.207 e. The molecule has 0 radical (unpaired) electrons. The van der Waals surface area contributed by atoms with Gasteiger partial charge in [0, 0.05) is 15.6 Å². The van der Waals surface area contributed by atoms with Crippen molar-refractivity contribution in [3.63, 3.8) is 0 Å². The topological polar surface area (TPSA) is 0 Å². The third-order valence-corrected chi connectivity index (χ3v) is 3.89. The van der Waals surface area contributed by atoms with Crippen molar-refractivity contribution in [2.24, 2.45) is 0 Å². The molecule has 0 saturated heterocycles. The highest BCUT2D eigenvalue weighted by Crippen LogP contribution is 2.42. The number of fused-ring (bicyclic) bond motifs is 1. The minimum absolute atomic E-state index is 0.0137. The third-order valence-electron chi connectivity index (χ3n) is 2.59. The predicted molar refractivity (Wildman–Crippen MR) is 72.2 cm³/mol. The van der Waals surface area contributed by atoms with Crippen LogP contribution in [0.15, 0.2) is 12.1 Å². The minimum atomic E-state index is -4.77. The lowest BCUT2D eigenvalue weighted by atomic mass is 10.0. The van der Waals surface area contributed by atoms with Gasteiger partial charge in [-0.2, -0.15) is 17.6 Å². The first kappa shape index (κ1) is 16.9. The molecule has 0 saturated carbocycles. The van der Waals surface area contributed by atoms with Crippen molar-refractivity contribution >= 4 is 22.1 Å². The second-order valence-electron chi connectivity index (χ2n) is 4.27. The number of hydrogen-bond donors (Lipinski definition) is 0. The maximum absolute atomic E-state index is 13.7. The van der Waals surface area contributed by atoms with E-state index in [1.807, 2.05) is 13.8 Å². The summed E-state index contributed by atoms with van der Waals surface area (Å²) in [5, 5.41) is -1.43. The SMILES string of the molecule is CC.CC(C)c1sc(F)c2c(C(F)(F)F)cc(F)cc12. The van der Waals surface area contributed by atoms with Gasteiger partial charge in [0.25, 0.3) is 0 Å². The lowest BCUT2D eigenvalue weighted by Gasteiger charge is -2.09. The van der Waals surface area contributed by atoms with Crippen molar-refractivity contribution in [2.45, 2.75) is 39.8 Å². The molecule has 0 bridgehead atoms.